The van der Waals surface area contributed by atoms with Gasteiger partial charge in [0.15, 0.2) is 6.04 Å². The van der Waals surface area contributed by atoms with E-state index in [1.165, 1.54) is 29.2 Å². The third-order valence-electron chi connectivity index (χ3n) is 9.27. The molecule has 16 heteroatoms. The highest BCUT2D eigenvalue weighted by molar-refractivity contribution is 7.89. The molecule has 1 aliphatic heterocycles. The molecular formula is C33H35ClF5N3O6S. The van der Waals surface area contributed by atoms with Crippen LogP contribution in [0.4, 0.5) is 22.0 Å². The van der Waals surface area contributed by atoms with E-state index in [-0.39, 0.29) is 47.0 Å². The second-order valence-corrected chi connectivity index (χ2v) is 14.8. The van der Waals surface area contributed by atoms with Gasteiger partial charge in [-0.15, -0.1) is 0 Å². The van der Waals surface area contributed by atoms with E-state index in [0.717, 1.165) is 56.0 Å². The molecule has 266 valence electrons. The molecule has 4 N–H and O–H groups in total. The summed E-state index contributed by atoms with van der Waals surface area (Å²) in [4.78, 5) is 23.8. The number of ether oxygens (including phenoxy) is 1. The summed E-state index contributed by atoms with van der Waals surface area (Å²) in [5.41, 5.74) is 5.75. The molecule has 9 nitrogen and oxygen atoms in total. The lowest BCUT2D eigenvalue weighted by Gasteiger charge is -2.39. The number of fused-ring (bicyclic) bond motifs is 3. The molecule has 0 aromatic heterocycles. The van der Waals surface area contributed by atoms with Crippen LogP contribution in [0.25, 0.3) is 10.8 Å². The third kappa shape index (κ3) is 8.44. The third-order valence-corrected chi connectivity index (χ3v) is 10.9. The van der Waals surface area contributed by atoms with Gasteiger partial charge in [0.1, 0.15) is 5.75 Å². The number of hydrogen-bond acceptors (Lipinski definition) is 6. The first-order valence-electron chi connectivity index (χ1n) is 15.7. The molecule has 0 radical (unpaired) electrons. The maximum atomic E-state index is 16.1. The Balaban J connectivity index is 0.000000606. The van der Waals surface area contributed by atoms with Crippen molar-refractivity contribution in [2.45, 2.75) is 73.7 Å². The molecule has 2 bridgehead atoms. The Labute approximate surface area is 284 Å². The number of benzene rings is 3. The number of likely N-dealkylation sites (tertiary alicyclic amines) is 1. The summed E-state index contributed by atoms with van der Waals surface area (Å²) in [5, 5.41) is 8.72. The van der Waals surface area contributed by atoms with Crippen LogP contribution in [0.5, 0.6) is 5.75 Å². The molecule has 3 aliphatic rings. The van der Waals surface area contributed by atoms with Gasteiger partial charge in [0, 0.05) is 29.7 Å². The fourth-order valence-corrected chi connectivity index (χ4v) is 7.96. The second-order valence-electron chi connectivity index (χ2n) is 12.6. The molecule has 2 saturated carbocycles. The lowest BCUT2D eigenvalue weighted by Crippen LogP contribution is -2.60. The van der Waals surface area contributed by atoms with Crippen molar-refractivity contribution in [1.82, 2.24) is 9.62 Å². The zero-order valence-corrected chi connectivity index (χ0v) is 27.6. The van der Waals surface area contributed by atoms with Gasteiger partial charge in [-0.25, -0.2) is 13.2 Å². The van der Waals surface area contributed by atoms with Crippen molar-refractivity contribution in [3.05, 3.63) is 71.2 Å². The molecule has 4 atom stereocenters. The Bertz CT molecular complexity index is 1770. The molecule has 1 heterocycles. The molecule has 3 aromatic rings. The highest BCUT2D eigenvalue weighted by atomic mass is 35.5. The van der Waals surface area contributed by atoms with E-state index in [1.54, 1.807) is 18.2 Å². The number of hydrogen-bond donors (Lipinski definition) is 3. The summed E-state index contributed by atoms with van der Waals surface area (Å²) < 4.78 is 99.3. The standard InChI is InChI=1S/C31H34ClF2N3O4S.C2HF3O2/c32-24-11-9-23(10-12-24)31(33,34)29(30(38)37-17-21-5-6-22(18-37)28(21)35)36-42(39,40)27-14-8-19-15-26(13-7-20(19)16-27)41-25-3-1-2-4-25;3-2(4,5)1(6)7/h7-16,21-22,25,28-29,36H,1-6,17-18,35H2;(H,6,7)/t21-,22+,28+,29-;/m0./s1. The van der Waals surface area contributed by atoms with Gasteiger partial charge in [-0.3, -0.25) is 4.79 Å². The number of nitrogens with zero attached hydrogens (tertiary/aromatic N) is 1. The van der Waals surface area contributed by atoms with Crippen LogP contribution in [0.15, 0.2) is 65.6 Å². The van der Waals surface area contributed by atoms with E-state index in [2.05, 4.69) is 4.72 Å². The number of carboxylic acid groups (broad SMARTS) is 1. The Morgan fingerprint density at radius 1 is 0.898 bits per heavy atom. The number of rotatable bonds is 8. The maximum absolute atomic E-state index is 16.1. The molecule has 1 saturated heterocycles. The minimum absolute atomic E-state index is 0.00265. The first-order valence-corrected chi connectivity index (χ1v) is 17.5. The van der Waals surface area contributed by atoms with Crippen molar-refractivity contribution >= 4 is 44.3 Å². The summed E-state index contributed by atoms with van der Waals surface area (Å²) in [6.45, 7) is 0.430. The van der Waals surface area contributed by atoms with Crippen LogP contribution in [0, 0.1) is 11.8 Å². The Morgan fingerprint density at radius 3 is 2.02 bits per heavy atom. The SMILES string of the molecule is N[C@H]1[C@@H]2CC[C@H]1CN(C(=O)[C@H](NS(=O)(=O)c1ccc3cc(OC4CCCC4)ccc3c1)C(F)(F)c1ccc(Cl)cc1)C2.O=C(O)C(F)(F)F. The number of sulfonamides is 1. The number of aliphatic carboxylic acids is 1. The van der Waals surface area contributed by atoms with E-state index in [1.807, 2.05) is 6.07 Å². The highest BCUT2D eigenvalue weighted by Crippen LogP contribution is 2.39. The van der Waals surface area contributed by atoms with Crippen LogP contribution in [0.3, 0.4) is 0 Å². The molecule has 0 spiro atoms. The Kier molecular flexibility index (Phi) is 10.8. The number of carbonyl (C=O) groups excluding carboxylic acids is 1. The summed E-state index contributed by atoms with van der Waals surface area (Å²) in [7, 11) is -4.54. The average molecular weight is 732 g/mol. The van der Waals surface area contributed by atoms with E-state index < -0.39 is 45.6 Å². The Morgan fingerprint density at radius 2 is 1.45 bits per heavy atom. The molecule has 2 aliphatic carbocycles. The molecule has 6 rings (SSSR count). The van der Waals surface area contributed by atoms with E-state index in [4.69, 9.17) is 32.0 Å². The van der Waals surface area contributed by atoms with Gasteiger partial charge in [-0.1, -0.05) is 35.9 Å². The topological polar surface area (TPSA) is 139 Å². The molecule has 1 amide bonds. The van der Waals surface area contributed by atoms with Crippen LogP contribution in [-0.2, 0) is 25.5 Å². The number of carboxylic acids is 1. The lowest BCUT2D eigenvalue weighted by atomic mass is 9.92. The van der Waals surface area contributed by atoms with Crippen LogP contribution in [-0.4, -0.2) is 67.8 Å². The number of nitrogens with two attached hydrogens (primary N) is 1. The zero-order valence-electron chi connectivity index (χ0n) is 26.0. The van der Waals surface area contributed by atoms with Gasteiger partial charge >= 0.3 is 12.1 Å². The lowest BCUT2D eigenvalue weighted by molar-refractivity contribution is -0.192. The van der Waals surface area contributed by atoms with E-state index in [0.29, 0.717) is 11.1 Å². The summed E-state index contributed by atoms with van der Waals surface area (Å²) >= 11 is 5.91. The Hall–Kier alpha value is -3.53. The smallest absolute Gasteiger partial charge is 0.490 e. The van der Waals surface area contributed by atoms with E-state index >= 15 is 8.78 Å². The zero-order chi connectivity index (χ0) is 35.7. The molecule has 3 fully saturated rings. The van der Waals surface area contributed by atoms with Gasteiger partial charge in [0.05, 0.1) is 11.0 Å². The monoisotopic (exact) mass is 731 g/mol. The maximum Gasteiger partial charge on any atom is 0.490 e. The number of piperidine rings is 1. The average Bonchev–Trinajstić information content (AvgIpc) is 3.61. The molecule has 3 aromatic carbocycles. The number of nitrogens with one attached hydrogen (secondary N) is 1. The van der Waals surface area contributed by atoms with Crippen molar-refractivity contribution in [2.75, 3.05) is 13.1 Å². The van der Waals surface area contributed by atoms with Crippen LogP contribution in [0.2, 0.25) is 5.02 Å². The fourth-order valence-electron chi connectivity index (χ4n) is 6.61. The van der Waals surface area contributed by atoms with Crippen molar-refractivity contribution < 1.29 is 49.8 Å². The first-order chi connectivity index (χ1) is 23.0. The number of carbonyl (C=O) groups is 2. The number of amides is 1. The van der Waals surface area contributed by atoms with Gasteiger partial charge in [0.2, 0.25) is 15.9 Å². The van der Waals surface area contributed by atoms with Crippen molar-refractivity contribution in [1.29, 1.82) is 0 Å². The summed E-state index contributed by atoms with van der Waals surface area (Å²) in [6.07, 6.45) is 1.00. The predicted molar refractivity (Wildman–Crippen MR) is 171 cm³/mol. The summed E-state index contributed by atoms with van der Waals surface area (Å²) in [6, 6.07) is 12.1. The van der Waals surface area contributed by atoms with Gasteiger partial charge in [-0.2, -0.15) is 26.7 Å². The second kappa shape index (κ2) is 14.4. The van der Waals surface area contributed by atoms with Crippen molar-refractivity contribution in [3.63, 3.8) is 0 Å². The minimum Gasteiger partial charge on any atom is -0.490 e. The van der Waals surface area contributed by atoms with Gasteiger partial charge in [-0.05, 0) is 97.5 Å². The first kappa shape index (κ1) is 36.7. The van der Waals surface area contributed by atoms with Crippen molar-refractivity contribution in [3.8, 4) is 5.75 Å². The predicted octanol–water partition coefficient (Wildman–Crippen LogP) is 6.08. The van der Waals surface area contributed by atoms with Crippen LogP contribution >= 0.6 is 11.6 Å². The molecule has 49 heavy (non-hydrogen) atoms. The van der Waals surface area contributed by atoms with Gasteiger partial charge in [0.25, 0.3) is 5.92 Å². The van der Waals surface area contributed by atoms with Gasteiger partial charge < -0.3 is 20.5 Å². The molecular weight excluding hydrogens is 697 g/mol. The fraction of sp³-hybridized carbons (Fsp3) is 0.455. The van der Waals surface area contributed by atoms with Crippen LogP contribution < -0.4 is 15.2 Å². The molecule has 0 unspecified atom stereocenters. The largest absolute Gasteiger partial charge is 0.490 e. The van der Waals surface area contributed by atoms with Crippen LogP contribution in [0.1, 0.15) is 44.1 Å². The summed E-state index contributed by atoms with van der Waals surface area (Å²) in [5.74, 6) is -6.90. The minimum atomic E-state index is -5.08. The number of halogens is 6. The quantitative estimate of drug-likeness (QED) is 0.239. The highest BCUT2D eigenvalue weighted by Gasteiger charge is 2.52. The van der Waals surface area contributed by atoms with Crippen molar-refractivity contribution in [2.24, 2.45) is 17.6 Å². The number of alkyl halides is 5. The normalized spacial score (nSPS) is 22.0. The van der Waals surface area contributed by atoms with E-state index in [9.17, 15) is 26.4 Å².